The minimum atomic E-state index is -4.92. The third-order valence-electron chi connectivity index (χ3n) is 6.55. The Hall–Kier alpha value is -3.12. The SMILES string of the molecule is O=c1[nH]nc(CN2CC3C[C@@]3(OCc3cc(C(F)(F)F)cc(C(F)(F)F)c3)[C@@H]2c2ccccc2)[nH]1. The number of likely N-dealkylation sites (tertiary alicyclic amines) is 1. The molecule has 35 heavy (non-hydrogen) atoms. The number of hydrogen-bond donors (Lipinski definition) is 2. The van der Waals surface area contributed by atoms with Gasteiger partial charge >= 0.3 is 18.0 Å². The van der Waals surface area contributed by atoms with Gasteiger partial charge in [0.15, 0.2) is 0 Å². The van der Waals surface area contributed by atoms with Gasteiger partial charge in [0.1, 0.15) is 5.82 Å². The average molecular weight is 498 g/mol. The van der Waals surface area contributed by atoms with Crippen molar-refractivity contribution in [3.8, 4) is 0 Å². The van der Waals surface area contributed by atoms with Crippen molar-refractivity contribution in [3.05, 3.63) is 87.1 Å². The van der Waals surface area contributed by atoms with Gasteiger partial charge in [-0.25, -0.2) is 9.89 Å². The van der Waals surface area contributed by atoms with Crippen LogP contribution < -0.4 is 5.69 Å². The highest BCUT2D eigenvalue weighted by Gasteiger charge is 2.67. The average Bonchev–Trinajstić information content (AvgIpc) is 3.16. The lowest BCUT2D eigenvalue weighted by molar-refractivity contribution is -0.143. The first-order valence-corrected chi connectivity index (χ1v) is 10.8. The van der Waals surface area contributed by atoms with Crippen LogP contribution in [0.2, 0.25) is 0 Å². The first-order chi connectivity index (χ1) is 16.5. The van der Waals surface area contributed by atoms with Crippen LogP contribution in [0.4, 0.5) is 26.3 Å². The largest absolute Gasteiger partial charge is 0.416 e. The van der Waals surface area contributed by atoms with Gasteiger partial charge in [0.25, 0.3) is 0 Å². The monoisotopic (exact) mass is 498 g/mol. The van der Waals surface area contributed by atoms with Crippen molar-refractivity contribution in [2.45, 2.75) is 43.6 Å². The van der Waals surface area contributed by atoms with E-state index in [4.69, 9.17) is 4.74 Å². The minimum absolute atomic E-state index is 0.0336. The molecule has 1 aliphatic heterocycles. The first kappa shape index (κ1) is 23.6. The number of nitrogens with zero attached hydrogens (tertiary/aromatic N) is 2. The van der Waals surface area contributed by atoms with E-state index in [2.05, 4.69) is 15.2 Å². The molecule has 1 aromatic heterocycles. The van der Waals surface area contributed by atoms with Crippen LogP contribution in [0.15, 0.2) is 53.3 Å². The normalized spacial score (nSPS) is 24.5. The number of alkyl halides is 6. The van der Waals surface area contributed by atoms with Crippen LogP contribution in [0.25, 0.3) is 0 Å². The maximum absolute atomic E-state index is 13.3. The fourth-order valence-corrected chi connectivity index (χ4v) is 5.01. The number of piperidine rings is 1. The molecular formula is C23H20F6N4O2. The number of aromatic amines is 2. The molecule has 12 heteroatoms. The Balaban J connectivity index is 1.43. The van der Waals surface area contributed by atoms with E-state index >= 15 is 0 Å². The predicted octanol–water partition coefficient (Wildman–Crippen LogP) is 4.67. The Morgan fingerprint density at radius 3 is 2.26 bits per heavy atom. The van der Waals surface area contributed by atoms with Gasteiger partial charge in [0.2, 0.25) is 0 Å². The number of halogens is 6. The summed E-state index contributed by atoms with van der Waals surface area (Å²) in [6.45, 7) is 0.465. The Morgan fingerprint density at radius 2 is 1.69 bits per heavy atom. The second kappa shape index (κ2) is 8.23. The van der Waals surface area contributed by atoms with Gasteiger partial charge in [-0.3, -0.25) is 9.88 Å². The van der Waals surface area contributed by atoms with E-state index in [0.717, 1.165) is 5.56 Å². The van der Waals surface area contributed by atoms with Crippen molar-refractivity contribution in [3.63, 3.8) is 0 Å². The Morgan fingerprint density at radius 1 is 1.03 bits per heavy atom. The maximum atomic E-state index is 13.3. The molecule has 3 atom stereocenters. The lowest BCUT2D eigenvalue weighted by Crippen LogP contribution is -2.34. The molecule has 2 fully saturated rings. The first-order valence-electron chi connectivity index (χ1n) is 10.8. The van der Waals surface area contributed by atoms with Crippen molar-refractivity contribution in [2.24, 2.45) is 5.92 Å². The van der Waals surface area contributed by atoms with E-state index < -0.39 is 41.4 Å². The fourth-order valence-electron chi connectivity index (χ4n) is 5.01. The number of benzene rings is 2. The van der Waals surface area contributed by atoms with Gasteiger partial charge < -0.3 is 4.74 Å². The highest BCUT2D eigenvalue weighted by Crippen LogP contribution is 2.63. The molecule has 2 aromatic carbocycles. The van der Waals surface area contributed by atoms with Gasteiger partial charge in [0, 0.05) is 12.5 Å². The summed E-state index contributed by atoms with van der Waals surface area (Å²) in [6.07, 6.45) is -9.23. The molecule has 1 aliphatic carbocycles. The number of fused-ring (bicyclic) bond motifs is 1. The number of ether oxygens (including phenoxy) is 1. The second-order valence-corrected chi connectivity index (χ2v) is 8.93. The summed E-state index contributed by atoms with van der Waals surface area (Å²) < 4.78 is 85.7. The maximum Gasteiger partial charge on any atom is 0.416 e. The van der Waals surface area contributed by atoms with Crippen molar-refractivity contribution in [1.82, 2.24) is 20.1 Å². The van der Waals surface area contributed by atoms with Crippen LogP contribution in [0.3, 0.4) is 0 Å². The van der Waals surface area contributed by atoms with Gasteiger partial charge in [0.05, 0.1) is 35.9 Å². The Labute approximate surface area is 194 Å². The van der Waals surface area contributed by atoms with E-state index in [1.54, 1.807) is 0 Å². The zero-order chi connectivity index (χ0) is 25.0. The van der Waals surface area contributed by atoms with Crippen LogP contribution >= 0.6 is 0 Å². The summed E-state index contributed by atoms with van der Waals surface area (Å²) in [5.41, 5.74) is -3.27. The van der Waals surface area contributed by atoms with Crippen molar-refractivity contribution in [2.75, 3.05) is 6.54 Å². The molecule has 6 nitrogen and oxygen atoms in total. The molecule has 1 saturated carbocycles. The number of H-pyrrole nitrogens is 2. The summed E-state index contributed by atoms with van der Waals surface area (Å²) in [5, 5.41) is 6.25. The van der Waals surface area contributed by atoms with Gasteiger partial charge in [-0.05, 0) is 35.7 Å². The quantitative estimate of drug-likeness (QED) is 0.485. The topological polar surface area (TPSA) is 74.0 Å². The molecule has 3 aromatic rings. The summed E-state index contributed by atoms with van der Waals surface area (Å²) in [7, 11) is 0. The number of nitrogens with one attached hydrogen (secondary N) is 2. The molecule has 2 aliphatic rings. The molecule has 5 rings (SSSR count). The summed E-state index contributed by atoms with van der Waals surface area (Å²) in [5.74, 6) is 0.450. The van der Waals surface area contributed by atoms with E-state index in [0.29, 0.717) is 37.5 Å². The lowest BCUT2D eigenvalue weighted by Gasteiger charge is -2.32. The standard InChI is InChI=1S/C23H20F6N4O2/c24-22(25,26)15-6-13(7-16(8-15)23(27,28)29)12-35-21-9-17(21)10-33(11-18-30-20(34)32-31-18)19(21)14-4-2-1-3-5-14/h1-8,17,19H,9-12H2,(H2,30,31,32,34)/t17?,19-,21-/m0/s1. The molecule has 1 saturated heterocycles. The highest BCUT2D eigenvalue weighted by molar-refractivity contribution is 5.35. The van der Waals surface area contributed by atoms with Crippen molar-refractivity contribution in [1.29, 1.82) is 0 Å². The lowest BCUT2D eigenvalue weighted by atomic mass is 9.99. The van der Waals surface area contributed by atoms with E-state index in [1.165, 1.54) is 0 Å². The van der Waals surface area contributed by atoms with Gasteiger partial charge in [-0.1, -0.05) is 30.3 Å². The highest BCUT2D eigenvalue weighted by atomic mass is 19.4. The molecule has 186 valence electrons. The molecule has 2 heterocycles. The number of aromatic nitrogens is 3. The van der Waals surface area contributed by atoms with E-state index in [9.17, 15) is 31.1 Å². The molecule has 1 unspecified atom stereocenters. The number of hydrogen-bond acceptors (Lipinski definition) is 4. The summed E-state index contributed by atoms with van der Waals surface area (Å²) in [4.78, 5) is 16.1. The molecule has 2 N–H and O–H groups in total. The number of rotatable bonds is 6. The van der Waals surface area contributed by atoms with Crippen LogP contribution in [-0.2, 0) is 30.2 Å². The molecule has 0 spiro atoms. The Kier molecular flexibility index (Phi) is 5.55. The van der Waals surface area contributed by atoms with Crippen molar-refractivity contribution < 1.29 is 31.1 Å². The second-order valence-electron chi connectivity index (χ2n) is 8.93. The van der Waals surface area contributed by atoms with E-state index in [-0.39, 0.29) is 23.6 Å². The summed E-state index contributed by atoms with van der Waals surface area (Å²) >= 11 is 0. The van der Waals surface area contributed by atoms with Crippen LogP contribution in [-0.4, -0.2) is 32.2 Å². The minimum Gasteiger partial charge on any atom is -0.368 e. The predicted molar refractivity (Wildman–Crippen MR) is 111 cm³/mol. The molecule has 0 bridgehead atoms. The van der Waals surface area contributed by atoms with Crippen LogP contribution in [0.5, 0.6) is 0 Å². The van der Waals surface area contributed by atoms with Crippen LogP contribution in [0, 0.1) is 5.92 Å². The van der Waals surface area contributed by atoms with E-state index in [1.807, 2.05) is 35.2 Å². The van der Waals surface area contributed by atoms with Crippen molar-refractivity contribution >= 4 is 0 Å². The molecule has 0 radical (unpaired) electrons. The molecule has 0 amide bonds. The Bertz CT molecular complexity index is 1240. The third-order valence-corrected chi connectivity index (χ3v) is 6.55. The summed E-state index contributed by atoms with van der Waals surface area (Å²) in [6, 6.07) is 10.5. The molecular weight excluding hydrogens is 478 g/mol. The fraction of sp³-hybridized carbons (Fsp3) is 0.391. The zero-order valence-electron chi connectivity index (χ0n) is 18.1. The van der Waals surface area contributed by atoms with Gasteiger partial charge in [-0.2, -0.15) is 31.4 Å². The van der Waals surface area contributed by atoms with Crippen LogP contribution in [0.1, 0.15) is 40.5 Å². The van der Waals surface area contributed by atoms with Gasteiger partial charge in [-0.15, -0.1) is 0 Å². The third kappa shape index (κ3) is 4.59. The zero-order valence-corrected chi connectivity index (χ0v) is 18.1. The smallest absolute Gasteiger partial charge is 0.368 e.